The van der Waals surface area contributed by atoms with Crippen molar-refractivity contribution in [2.45, 2.75) is 19.1 Å². The van der Waals surface area contributed by atoms with E-state index in [4.69, 9.17) is 0 Å². The first-order valence-electron chi connectivity index (χ1n) is 4.60. The molecule has 2 unspecified atom stereocenters. The Kier molecular flexibility index (Phi) is 6.58. The summed E-state index contributed by atoms with van der Waals surface area (Å²) in [6, 6.07) is -0.731. The number of alkyl halides is 3. The van der Waals surface area contributed by atoms with Gasteiger partial charge in [0.2, 0.25) is 5.91 Å². The number of nitrogens with one attached hydrogen (secondary N) is 2. The van der Waals surface area contributed by atoms with Crippen LogP contribution in [0.1, 0.15) is 6.92 Å². The van der Waals surface area contributed by atoms with Crippen molar-refractivity contribution in [3.63, 3.8) is 0 Å². The number of carbonyl (C=O) groups is 1. The van der Waals surface area contributed by atoms with Crippen molar-refractivity contribution < 1.29 is 22.2 Å². The molecule has 0 bridgehead atoms. The number of carbonyl (C=O) groups excluding carboxylic acids is 1. The van der Waals surface area contributed by atoms with Crippen LogP contribution in [0.3, 0.4) is 0 Å². The highest BCUT2D eigenvalue weighted by Gasteiger charge is 2.28. The van der Waals surface area contributed by atoms with Crippen LogP contribution < -0.4 is 10.6 Å². The van der Waals surface area contributed by atoms with Crippen LogP contribution in [0.15, 0.2) is 0 Å². The molecule has 0 aliphatic rings. The van der Waals surface area contributed by atoms with E-state index in [1.54, 1.807) is 5.32 Å². The molecule has 0 heterocycles. The molecular weight excluding hydrogens is 245 g/mol. The fourth-order valence-electron chi connectivity index (χ4n) is 0.852. The lowest BCUT2D eigenvalue weighted by Gasteiger charge is -2.14. The largest absolute Gasteiger partial charge is 0.405 e. The molecule has 0 aromatic heterocycles. The molecule has 0 saturated carbocycles. The minimum absolute atomic E-state index is 0.323. The van der Waals surface area contributed by atoms with Crippen LogP contribution in [0.25, 0.3) is 0 Å². The minimum atomic E-state index is -4.40. The normalized spacial score (nSPS) is 15.6. The second-order valence-corrected chi connectivity index (χ2v) is 4.84. The molecular formula is C8H15F3N2O2S. The summed E-state index contributed by atoms with van der Waals surface area (Å²) in [5.41, 5.74) is 0. The third kappa shape index (κ3) is 8.66. The second kappa shape index (κ2) is 6.85. The van der Waals surface area contributed by atoms with Gasteiger partial charge in [0, 0.05) is 29.4 Å². The van der Waals surface area contributed by atoms with Crippen molar-refractivity contribution in [3.05, 3.63) is 0 Å². The summed E-state index contributed by atoms with van der Waals surface area (Å²) in [5.74, 6) is -0.365. The van der Waals surface area contributed by atoms with Crippen LogP contribution in [-0.2, 0) is 15.6 Å². The van der Waals surface area contributed by atoms with Gasteiger partial charge in [0.25, 0.3) is 0 Å². The number of amides is 1. The van der Waals surface area contributed by atoms with Gasteiger partial charge in [-0.3, -0.25) is 9.00 Å². The predicted molar refractivity (Wildman–Crippen MR) is 55.5 cm³/mol. The predicted octanol–water partition coefficient (Wildman–Crippen LogP) is 0.0215. The Balaban J connectivity index is 3.78. The summed E-state index contributed by atoms with van der Waals surface area (Å²) < 4.78 is 46.0. The number of hydrogen-bond donors (Lipinski definition) is 2. The zero-order chi connectivity index (χ0) is 12.8. The summed E-state index contributed by atoms with van der Waals surface area (Å²) >= 11 is 0. The molecule has 96 valence electrons. The number of rotatable bonds is 6. The van der Waals surface area contributed by atoms with E-state index in [2.05, 4.69) is 5.32 Å². The lowest BCUT2D eigenvalue weighted by atomic mass is 10.3. The average molecular weight is 260 g/mol. The smallest absolute Gasteiger partial charge is 0.346 e. The maximum atomic E-state index is 11.8. The fourth-order valence-corrected chi connectivity index (χ4v) is 1.26. The Morgan fingerprint density at radius 3 is 2.44 bits per heavy atom. The molecule has 0 rings (SSSR count). The van der Waals surface area contributed by atoms with Crippen LogP contribution in [0.5, 0.6) is 0 Å². The molecule has 0 aromatic rings. The molecule has 1 amide bonds. The first-order chi connectivity index (χ1) is 7.22. The van der Waals surface area contributed by atoms with E-state index in [0.717, 1.165) is 0 Å². The molecule has 8 heteroatoms. The van der Waals surface area contributed by atoms with Crippen LogP contribution in [0.2, 0.25) is 0 Å². The van der Waals surface area contributed by atoms with Gasteiger partial charge in [-0.05, 0) is 6.92 Å². The Hall–Kier alpha value is -0.630. The topological polar surface area (TPSA) is 58.2 Å². The van der Waals surface area contributed by atoms with Crippen molar-refractivity contribution in [3.8, 4) is 0 Å². The Bertz CT molecular complexity index is 258. The van der Waals surface area contributed by atoms with Gasteiger partial charge >= 0.3 is 6.18 Å². The highest BCUT2D eigenvalue weighted by atomic mass is 32.2. The second-order valence-electron chi connectivity index (χ2n) is 3.29. The SMILES string of the molecule is CC(NCCS(C)=O)C(=O)NCC(F)(F)F. The minimum Gasteiger partial charge on any atom is -0.346 e. The van der Waals surface area contributed by atoms with Crippen molar-refractivity contribution >= 4 is 16.7 Å². The van der Waals surface area contributed by atoms with E-state index in [0.29, 0.717) is 12.3 Å². The van der Waals surface area contributed by atoms with Gasteiger partial charge in [-0.25, -0.2) is 0 Å². The summed E-state index contributed by atoms with van der Waals surface area (Å²) in [4.78, 5) is 11.1. The van der Waals surface area contributed by atoms with Gasteiger partial charge < -0.3 is 10.6 Å². The molecule has 0 aliphatic heterocycles. The summed E-state index contributed by atoms with van der Waals surface area (Å²) in [6.45, 7) is 0.436. The van der Waals surface area contributed by atoms with E-state index in [9.17, 15) is 22.2 Å². The lowest BCUT2D eigenvalue weighted by Crippen LogP contribution is -2.46. The summed E-state index contributed by atoms with van der Waals surface area (Å²) in [7, 11) is -0.987. The quantitative estimate of drug-likeness (QED) is 0.708. The third-order valence-electron chi connectivity index (χ3n) is 1.70. The van der Waals surface area contributed by atoms with Gasteiger partial charge in [-0.2, -0.15) is 13.2 Å². The zero-order valence-corrected chi connectivity index (χ0v) is 9.87. The summed E-state index contributed by atoms with van der Waals surface area (Å²) in [5, 5.41) is 4.44. The van der Waals surface area contributed by atoms with Crippen LogP contribution in [0, 0.1) is 0 Å². The van der Waals surface area contributed by atoms with E-state index < -0.39 is 35.5 Å². The van der Waals surface area contributed by atoms with E-state index in [1.807, 2.05) is 0 Å². The summed E-state index contributed by atoms with van der Waals surface area (Å²) in [6.07, 6.45) is -2.89. The number of hydrogen-bond acceptors (Lipinski definition) is 3. The van der Waals surface area contributed by atoms with Gasteiger partial charge in [0.05, 0.1) is 6.04 Å². The first kappa shape index (κ1) is 15.4. The molecule has 0 aliphatic carbocycles. The van der Waals surface area contributed by atoms with Crippen molar-refractivity contribution in [2.75, 3.05) is 25.1 Å². The van der Waals surface area contributed by atoms with Crippen molar-refractivity contribution in [1.29, 1.82) is 0 Å². The highest BCUT2D eigenvalue weighted by Crippen LogP contribution is 2.12. The Morgan fingerprint density at radius 1 is 1.44 bits per heavy atom. The van der Waals surface area contributed by atoms with Gasteiger partial charge in [0.15, 0.2) is 0 Å². The van der Waals surface area contributed by atoms with Crippen LogP contribution >= 0.6 is 0 Å². The average Bonchev–Trinajstić information content (AvgIpc) is 2.12. The molecule has 0 radical (unpaired) electrons. The number of halogens is 3. The monoisotopic (exact) mass is 260 g/mol. The molecule has 0 saturated heterocycles. The molecule has 0 aromatic carbocycles. The maximum absolute atomic E-state index is 11.8. The standard InChI is InChI=1S/C8H15F3N2O2S/c1-6(12-3-4-16(2)15)7(14)13-5-8(9,10)11/h6,12H,3-5H2,1-2H3,(H,13,14). The maximum Gasteiger partial charge on any atom is 0.405 e. The van der Waals surface area contributed by atoms with Gasteiger partial charge in [0.1, 0.15) is 6.54 Å². The van der Waals surface area contributed by atoms with E-state index >= 15 is 0 Å². The van der Waals surface area contributed by atoms with Gasteiger partial charge in [-0.1, -0.05) is 0 Å². The van der Waals surface area contributed by atoms with E-state index in [-0.39, 0.29) is 0 Å². The Labute approximate surface area is 94.4 Å². The molecule has 2 N–H and O–H groups in total. The zero-order valence-electron chi connectivity index (χ0n) is 9.06. The Morgan fingerprint density at radius 2 is 2.00 bits per heavy atom. The van der Waals surface area contributed by atoms with Crippen molar-refractivity contribution in [2.24, 2.45) is 0 Å². The first-order valence-corrected chi connectivity index (χ1v) is 6.33. The lowest BCUT2D eigenvalue weighted by molar-refractivity contribution is -0.139. The third-order valence-corrected chi connectivity index (χ3v) is 2.48. The molecule has 0 spiro atoms. The van der Waals surface area contributed by atoms with Gasteiger partial charge in [-0.15, -0.1) is 0 Å². The molecule has 2 atom stereocenters. The van der Waals surface area contributed by atoms with E-state index in [1.165, 1.54) is 13.2 Å². The highest BCUT2D eigenvalue weighted by molar-refractivity contribution is 7.84. The molecule has 4 nitrogen and oxygen atoms in total. The fraction of sp³-hybridized carbons (Fsp3) is 0.875. The molecule has 16 heavy (non-hydrogen) atoms. The van der Waals surface area contributed by atoms with Crippen molar-refractivity contribution in [1.82, 2.24) is 10.6 Å². The van der Waals surface area contributed by atoms with Crippen LogP contribution in [-0.4, -0.2) is 47.4 Å². The van der Waals surface area contributed by atoms with Crippen LogP contribution in [0.4, 0.5) is 13.2 Å². The molecule has 0 fully saturated rings.